The Kier molecular flexibility index (Phi) is 2.23. The summed E-state index contributed by atoms with van der Waals surface area (Å²) >= 11 is 0. The highest BCUT2D eigenvalue weighted by Gasteiger charge is 2.54. The quantitative estimate of drug-likeness (QED) is 0.758. The summed E-state index contributed by atoms with van der Waals surface area (Å²) in [5, 5.41) is 11.0. The Labute approximate surface area is 106 Å². The summed E-state index contributed by atoms with van der Waals surface area (Å²) in [6.45, 7) is 4.01. The predicted octanol–water partition coefficient (Wildman–Crippen LogP) is 1.63. The van der Waals surface area contributed by atoms with Gasteiger partial charge in [-0.1, -0.05) is 18.2 Å². The number of nitrogens with zero attached hydrogens (tertiary/aromatic N) is 1. The van der Waals surface area contributed by atoms with E-state index in [0.717, 1.165) is 6.42 Å². The van der Waals surface area contributed by atoms with Gasteiger partial charge in [-0.2, -0.15) is 0 Å². The smallest absolute Gasteiger partial charge is 0.221 e. The lowest BCUT2D eigenvalue weighted by atomic mass is 9.79. The summed E-state index contributed by atoms with van der Waals surface area (Å²) in [4.78, 5) is 13.3. The van der Waals surface area contributed by atoms with Crippen LogP contribution in [0.5, 0.6) is 5.75 Å². The number of amides is 1. The minimum Gasteiger partial charge on any atom is -0.487 e. The Morgan fingerprint density at radius 2 is 2.17 bits per heavy atom. The molecule has 18 heavy (non-hydrogen) atoms. The average molecular weight is 247 g/mol. The summed E-state index contributed by atoms with van der Waals surface area (Å²) in [5.41, 5.74) is -0.930. The molecule has 1 amide bonds. The van der Waals surface area contributed by atoms with Crippen molar-refractivity contribution in [2.24, 2.45) is 0 Å². The highest BCUT2D eigenvalue weighted by atomic mass is 16.5. The van der Waals surface area contributed by atoms with Crippen molar-refractivity contribution < 1.29 is 14.6 Å². The van der Waals surface area contributed by atoms with E-state index < -0.39 is 11.3 Å². The number of benzene rings is 1. The third kappa shape index (κ3) is 1.45. The summed E-state index contributed by atoms with van der Waals surface area (Å²) in [7, 11) is 0. The molecule has 2 bridgehead atoms. The lowest BCUT2D eigenvalue weighted by Crippen LogP contribution is -2.62. The van der Waals surface area contributed by atoms with Gasteiger partial charge >= 0.3 is 0 Å². The van der Waals surface area contributed by atoms with E-state index in [0.29, 0.717) is 24.3 Å². The number of carbonyl (C=O) groups is 1. The highest BCUT2D eigenvalue weighted by molar-refractivity contribution is 5.75. The number of ether oxygens (including phenoxy) is 1. The third-order valence-corrected chi connectivity index (χ3v) is 3.99. The number of hydrogen-bond acceptors (Lipinski definition) is 3. The van der Waals surface area contributed by atoms with E-state index in [1.807, 2.05) is 31.2 Å². The Morgan fingerprint density at radius 3 is 2.89 bits per heavy atom. The van der Waals surface area contributed by atoms with Crippen molar-refractivity contribution in [3.05, 3.63) is 29.8 Å². The number of carbonyl (C=O) groups excluding carboxylic acids is 1. The van der Waals surface area contributed by atoms with Crippen LogP contribution in [-0.4, -0.2) is 28.1 Å². The van der Waals surface area contributed by atoms with Crippen molar-refractivity contribution >= 4 is 5.91 Å². The molecule has 2 atom stereocenters. The van der Waals surface area contributed by atoms with E-state index in [9.17, 15) is 9.90 Å². The first-order valence-electron chi connectivity index (χ1n) is 6.24. The predicted molar refractivity (Wildman–Crippen MR) is 66.0 cm³/mol. The molecule has 4 heteroatoms. The van der Waals surface area contributed by atoms with Gasteiger partial charge in [0.25, 0.3) is 0 Å². The van der Waals surface area contributed by atoms with E-state index in [1.165, 1.54) is 6.92 Å². The minimum atomic E-state index is -1.23. The van der Waals surface area contributed by atoms with E-state index in [2.05, 4.69) is 0 Å². The van der Waals surface area contributed by atoms with Gasteiger partial charge in [0, 0.05) is 31.9 Å². The van der Waals surface area contributed by atoms with Crippen molar-refractivity contribution in [2.75, 3.05) is 6.54 Å². The Morgan fingerprint density at radius 1 is 1.44 bits per heavy atom. The van der Waals surface area contributed by atoms with E-state index in [4.69, 9.17) is 4.74 Å². The highest BCUT2D eigenvalue weighted by Crippen LogP contribution is 2.49. The second kappa shape index (κ2) is 3.48. The van der Waals surface area contributed by atoms with Crippen LogP contribution in [0.3, 0.4) is 0 Å². The topological polar surface area (TPSA) is 49.8 Å². The molecule has 3 rings (SSSR count). The summed E-state index contributed by atoms with van der Waals surface area (Å²) in [6, 6.07) is 7.41. The number of para-hydroxylation sites is 1. The minimum absolute atomic E-state index is 0.101. The van der Waals surface area contributed by atoms with Crippen LogP contribution in [-0.2, 0) is 10.5 Å². The monoisotopic (exact) mass is 247 g/mol. The molecular formula is C14H17NO3. The molecule has 1 aromatic carbocycles. The number of rotatable bonds is 0. The number of hydrogen-bond donors (Lipinski definition) is 1. The number of fused-ring (bicyclic) bond motifs is 4. The second-order valence-corrected chi connectivity index (χ2v) is 5.46. The molecule has 2 aliphatic rings. The molecule has 1 N–H and O–H groups in total. The maximum atomic E-state index is 11.7. The lowest BCUT2D eigenvalue weighted by molar-refractivity contribution is -0.204. The van der Waals surface area contributed by atoms with Crippen molar-refractivity contribution in [1.82, 2.24) is 4.90 Å². The molecule has 0 unspecified atom stereocenters. The number of likely N-dealkylation sites (tertiary alicyclic amines) is 1. The molecule has 2 aliphatic heterocycles. The van der Waals surface area contributed by atoms with E-state index in [1.54, 1.807) is 4.90 Å². The summed E-state index contributed by atoms with van der Waals surface area (Å²) in [5.74, 6) is 0.580. The van der Waals surface area contributed by atoms with Gasteiger partial charge in [0.2, 0.25) is 5.91 Å². The van der Waals surface area contributed by atoms with Gasteiger partial charge in [-0.3, -0.25) is 4.79 Å². The SMILES string of the molecule is CC(=O)N1CC[C@@]2(C)C[C@]1(O)c1ccccc1O2. The molecule has 0 radical (unpaired) electrons. The van der Waals surface area contributed by atoms with E-state index in [-0.39, 0.29) is 5.91 Å². The lowest BCUT2D eigenvalue weighted by Gasteiger charge is -2.53. The van der Waals surface area contributed by atoms with Crippen molar-refractivity contribution in [3.8, 4) is 5.75 Å². The molecule has 1 fully saturated rings. The fourth-order valence-electron chi connectivity index (χ4n) is 3.14. The molecule has 0 saturated carbocycles. The van der Waals surface area contributed by atoms with Crippen molar-refractivity contribution in [1.29, 1.82) is 0 Å². The Balaban J connectivity index is 2.17. The molecule has 0 spiro atoms. The Bertz CT molecular complexity index is 516. The maximum Gasteiger partial charge on any atom is 0.221 e. The third-order valence-electron chi connectivity index (χ3n) is 3.99. The molecule has 96 valence electrons. The standard InChI is InChI=1S/C14H17NO3/c1-10(16)15-8-7-13(2)9-14(15,17)11-5-3-4-6-12(11)18-13/h3-6,17H,7-9H2,1-2H3/t13-,14-/m0/s1. The summed E-state index contributed by atoms with van der Waals surface area (Å²) < 4.78 is 5.99. The Hall–Kier alpha value is -1.55. The van der Waals surface area contributed by atoms with Crippen LogP contribution < -0.4 is 4.74 Å². The van der Waals surface area contributed by atoms with Crippen LogP contribution in [0, 0.1) is 0 Å². The van der Waals surface area contributed by atoms with Gasteiger partial charge in [-0.25, -0.2) is 0 Å². The molecule has 0 aromatic heterocycles. The largest absolute Gasteiger partial charge is 0.487 e. The van der Waals surface area contributed by atoms with Gasteiger partial charge in [0.05, 0.1) is 0 Å². The fourth-order valence-corrected chi connectivity index (χ4v) is 3.14. The zero-order valence-corrected chi connectivity index (χ0v) is 10.6. The van der Waals surface area contributed by atoms with Gasteiger partial charge in [-0.15, -0.1) is 0 Å². The van der Waals surface area contributed by atoms with Crippen molar-refractivity contribution in [3.63, 3.8) is 0 Å². The van der Waals surface area contributed by atoms with Crippen molar-refractivity contribution in [2.45, 2.75) is 38.0 Å². The zero-order chi connectivity index (χ0) is 13.0. The van der Waals surface area contributed by atoms with E-state index >= 15 is 0 Å². The summed E-state index contributed by atoms with van der Waals surface area (Å²) in [6.07, 6.45) is 1.17. The molecule has 0 aliphatic carbocycles. The molecule has 1 saturated heterocycles. The molecule has 2 heterocycles. The van der Waals surface area contributed by atoms with Crippen LogP contribution in [0.25, 0.3) is 0 Å². The van der Waals surface area contributed by atoms with Crippen LogP contribution in [0.2, 0.25) is 0 Å². The van der Waals surface area contributed by atoms with Gasteiger partial charge in [0.1, 0.15) is 11.4 Å². The molecule has 4 nitrogen and oxygen atoms in total. The normalized spacial score (nSPS) is 33.6. The first kappa shape index (κ1) is 11.5. The van der Waals surface area contributed by atoms with Crippen LogP contribution >= 0.6 is 0 Å². The first-order valence-corrected chi connectivity index (χ1v) is 6.24. The second-order valence-electron chi connectivity index (χ2n) is 5.46. The van der Waals surface area contributed by atoms with Gasteiger partial charge < -0.3 is 14.7 Å². The molecule has 1 aromatic rings. The number of piperidine rings is 1. The average Bonchev–Trinajstić information content (AvgIpc) is 2.27. The van der Waals surface area contributed by atoms with Crippen LogP contribution in [0.15, 0.2) is 24.3 Å². The van der Waals surface area contributed by atoms with Gasteiger partial charge in [-0.05, 0) is 13.0 Å². The maximum absolute atomic E-state index is 11.7. The van der Waals surface area contributed by atoms with Crippen LogP contribution in [0.4, 0.5) is 0 Å². The number of aliphatic hydroxyl groups is 1. The van der Waals surface area contributed by atoms with Crippen LogP contribution in [0.1, 0.15) is 32.3 Å². The van der Waals surface area contributed by atoms with Gasteiger partial charge in [0.15, 0.2) is 5.72 Å². The first-order chi connectivity index (χ1) is 8.45. The molecular weight excluding hydrogens is 230 g/mol. The fraction of sp³-hybridized carbons (Fsp3) is 0.500. The zero-order valence-electron chi connectivity index (χ0n) is 10.6.